The molecule has 2 aliphatic rings. The zero-order valence-electron chi connectivity index (χ0n) is 12.7. The second kappa shape index (κ2) is 5.75. The fourth-order valence-corrected chi connectivity index (χ4v) is 3.34. The van der Waals surface area contributed by atoms with Gasteiger partial charge in [-0.2, -0.15) is 5.26 Å². The van der Waals surface area contributed by atoms with Gasteiger partial charge in [-0.3, -0.25) is 4.79 Å². The summed E-state index contributed by atoms with van der Waals surface area (Å²) in [6.07, 6.45) is 0.914. The van der Waals surface area contributed by atoms with Crippen molar-refractivity contribution in [2.75, 3.05) is 26.3 Å². The summed E-state index contributed by atoms with van der Waals surface area (Å²) < 4.78 is 11.0. The molecular formula is C16H21N3O3. The van der Waals surface area contributed by atoms with E-state index in [9.17, 15) is 10.1 Å². The highest BCUT2D eigenvalue weighted by atomic mass is 16.5. The van der Waals surface area contributed by atoms with E-state index >= 15 is 0 Å². The third-order valence-electron chi connectivity index (χ3n) is 4.75. The Morgan fingerprint density at radius 3 is 2.73 bits per heavy atom. The molecule has 0 spiro atoms. The largest absolute Gasteiger partial charge is 0.466 e. The summed E-state index contributed by atoms with van der Waals surface area (Å²) in [5.41, 5.74) is 5.25. The third-order valence-corrected chi connectivity index (χ3v) is 4.75. The number of likely N-dealkylation sites (tertiary alicyclic amines) is 1. The molecule has 0 aliphatic carbocycles. The number of hydrogen-bond acceptors (Lipinski definition) is 5. The van der Waals surface area contributed by atoms with Crippen LogP contribution in [0.3, 0.4) is 0 Å². The van der Waals surface area contributed by atoms with E-state index in [0.717, 1.165) is 11.5 Å². The van der Waals surface area contributed by atoms with E-state index in [4.69, 9.17) is 14.9 Å². The van der Waals surface area contributed by atoms with Gasteiger partial charge < -0.3 is 19.8 Å². The van der Waals surface area contributed by atoms with Crippen molar-refractivity contribution >= 4 is 5.91 Å². The number of nitrogens with zero attached hydrogens (tertiary/aromatic N) is 2. The van der Waals surface area contributed by atoms with Gasteiger partial charge in [-0.05, 0) is 31.9 Å². The van der Waals surface area contributed by atoms with Gasteiger partial charge in [-0.15, -0.1) is 0 Å². The number of amides is 1. The molecule has 1 amide bonds. The number of nitrogens with two attached hydrogens (primary N) is 1. The van der Waals surface area contributed by atoms with Crippen molar-refractivity contribution in [2.45, 2.75) is 31.7 Å². The summed E-state index contributed by atoms with van der Waals surface area (Å²) in [5, 5.41) is 9.52. The van der Waals surface area contributed by atoms with Crippen molar-refractivity contribution < 1.29 is 13.9 Å². The molecule has 3 rings (SSSR count). The van der Waals surface area contributed by atoms with Gasteiger partial charge in [-0.1, -0.05) is 0 Å². The summed E-state index contributed by atoms with van der Waals surface area (Å²) in [6.45, 7) is 3.78. The first kappa shape index (κ1) is 15.1. The maximum absolute atomic E-state index is 12.8. The van der Waals surface area contributed by atoms with Crippen LogP contribution >= 0.6 is 0 Å². The van der Waals surface area contributed by atoms with Crippen molar-refractivity contribution in [3.8, 4) is 6.07 Å². The van der Waals surface area contributed by atoms with Gasteiger partial charge in [0.05, 0.1) is 12.0 Å². The normalized spacial score (nSPS) is 27.6. The smallest absolute Gasteiger partial charge is 0.243 e. The second-order valence-electron chi connectivity index (χ2n) is 6.24. The number of aryl methyl sites for hydroxylation is 1. The maximum atomic E-state index is 12.8. The molecule has 2 atom stereocenters. The van der Waals surface area contributed by atoms with Gasteiger partial charge in [0.2, 0.25) is 5.91 Å². The van der Waals surface area contributed by atoms with E-state index in [2.05, 4.69) is 6.07 Å². The standard InChI is InChI=1S/C16H21N3O3/c1-11-2-3-14(22-11)12-8-19(9-13(12)18)15(20)16(10-17)4-6-21-7-5-16/h2-3,12-13H,4-9,18H2,1H3/t12-,13-/m0/s1. The zero-order chi connectivity index (χ0) is 15.7. The van der Waals surface area contributed by atoms with Crippen LogP contribution in [0.5, 0.6) is 0 Å². The molecule has 118 valence electrons. The Morgan fingerprint density at radius 2 is 2.14 bits per heavy atom. The molecule has 6 heteroatoms. The van der Waals surface area contributed by atoms with E-state index in [1.54, 1.807) is 4.90 Å². The van der Waals surface area contributed by atoms with Crippen LogP contribution in [0.15, 0.2) is 16.5 Å². The minimum absolute atomic E-state index is 0.00627. The quantitative estimate of drug-likeness (QED) is 0.885. The number of carbonyl (C=O) groups is 1. The van der Waals surface area contributed by atoms with E-state index < -0.39 is 5.41 Å². The first-order valence-corrected chi connectivity index (χ1v) is 7.66. The molecule has 1 aromatic heterocycles. The predicted octanol–water partition coefficient (Wildman–Crippen LogP) is 1.16. The van der Waals surface area contributed by atoms with Crippen LogP contribution in [0.4, 0.5) is 0 Å². The molecule has 0 saturated carbocycles. The molecule has 0 bridgehead atoms. The summed E-state index contributed by atoms with van der Waals surface area (Å²) in [4.78, 5) is 14.6. The molecule has 0 unspecified atom stereocenters. The summed E-state index contributed by atoms with van der Waals surface area (Å²) in [5.74, 6) is 1.54. The fraction of sp³-hybridized carbons (Fsp3) is 0.625. The van der Waals surface area contributed by atoms with E-state index in [1.165, 1.54) is 0 Å². The lowest BCUT2D eigenvalue weighted by molar-refractivity contribution is -0.142. The van der Waals surface area contributed by atoms with Crippen molar-refractivity contribution in [1.29, 1.82) is 5.26 Å². The lowest BCUT2D eigenvalue weighted by Crippen LogP contribution is -2.46. The zero-order valence-corrected chi connectivity index (χ0v) is 12.7. The summed E-state index contributed by atoms with van der Waals surface area (Å²) in [6, 6.07) is 5.89. The SMILES string of the molecule is Cc1ccc([C@H]2CN(C(=O)C3(C#N)CCOCC3)C[C@@H]2N)o1. The average Bonchev–Trinajstić information content (AvgIpc) is 3.13. The lowest BCUT2D eigenvalue weighted by atomic mass is 9.80. The molecule has 0 aromatic carbocycles. The van der Waals surface area contributed by atoms with Crippen LogP contribution in [0.25, 0.3) is 0 Å². The Hall–Kier alpha value is -1.84. The highest BCUT2D eigenvalue weighted by molar-refractivity contribution is 5.86. The topological polar surface area (TPSA) is 92.5 Å². The first-order chi connectivity index (χ1) is 10.6. The minimum atomic E-state index is -0.952. The number of furan rings is 1. The molecule has 2 aliphatic heterocycles. The minimum Gasteiger partial charge on any atom is -0.466 e. The van der Waals surface area contributed by atoms with Crippen molar-refractivity contribution in [1.82, 2.24) is 4.90 Å². The van der Waals surface area contributed by atoms with Crippen LogP contribution in [-0.4, -0.2) is 43.2 Å². The monoisotopic (exact) mass is 303 g/mol. The lowest BCUT2D eigenvalue weighted by Gasteiger charge is -2.33. The van der Waals surface area contributed by atoms with Gasteiger partial charge in [0.1, 0.15) is 16.9 Å². The Morgan fingerprint density at radius 1 is 1.41 bits per heavy atom. The van der Waals surface area contributed by atoms with Crippen molar-refractivity contribution in [3.05, 3.63) is 23.7 Å². The summed E-state index contributed by atoms with van der Waals surface area (Å²) >= 11 is 0. The fourth-order valence-electron chi connectivity index (χ4n) is 3.34. The molecule has 3 heterocycles. The molecule has 6 nitrogen and oxygen atoms in total. The van der Waals surface area contributed by atoms with Crippen LogP contribution in [0.2, 0.25) is 0 Å². The Labute approximate surface area is 129 Å². The summed E-state index contributed by atoms with van der Waals surface area (Å²) in [7, 11) is 0. The highest BCUT2D eigenvalue weighted by Crippen LogP contribution is 2.36. The molecule has 2 fully saturated rings. The molecule has 2 N–H and O–H groups in total. The van der Waals surface area contributed by atoms with Crippen LogP contribution in [0.1, 0.15) is 30.3 Å². The van der Waals surface area contributed by atoms with Crippen molar-refractivity contribution in [3.63, 3.8) is 0 Å². The maximum Gasteiger partial charge on any atom is 0.243 e. The number of carbonyl (C=O) groups excluding carboxylic acids is 1. The van der Waals surface area contributed by atoms with Gasteiger partial charge in [0, 0.05) is 32.3 Å². The molecule has 0 radical (unpaired) electrons. The van der Waals surface area contributed by atoms with E-state index in [0.29, 0.717) is 39.1 Å². The van der Waals surface area contributed by atoms with Gasteiger partial charge in [-0.25, -0.2) is 0 Å². The van der Waals surface area contributed by atoms with Gasteiger partial charge in [0.25, 0.3) is 0 Å². The van der Waals surface area contributed by atoms with Gasteiger partial charge in [0.15, 0.2) is 0 Å². The molecule has 22 heavy (non-hydrogen) atoms. The predicted molar refractivity (Wildman–Crippen MR) is 78.8 cm³/mol. The Kier molecular flexibility index (Phi) is 3.94. The molecule has 1 aromatic rings. The number of ether oxygens (including phenoxy) is 1. The van der Waals surface area contributed by atoms with Crippen LogP contribution in [-0.2, 0) is 9.53 Å². The Balaban J connectivity index is 1.76. The molecular weight excluding hydrogens is 282 g/mol. The first-order valence-electron chi connectivity index (χ1n) is 7.66. The molecule has 2 saturated heterocycles. The number of rotatable bonds is 2. The Bertz CT molecular complexity index is 598. The van der Waals surface area contributed by atoms with E-state index in [1.807, 2.05) is 19.1 Å². The number of nitriles is 1. The van der Waals surface area contributed by atoms with Crippen LogP contribution < -0.4 is 5.73 Å². The highest BCUT2D eigenvalue weighted by Gasteiger charge is 2.46. The van der Waals surface area contributed by atoms with E-state index in [-0.39, 0.29) is 17.9 Å². The number of hydrogen-bond donors (Lipinski definition) is 1. The van der Waals surface area contributed by atoms with Crippen LogP contribution in [0, 0.1) is 23.7 Å². The van der Waals surface area contributed by atoms with Gasteiger partial charge >= 0.3 is 0 Å². The van der Waals surface area contributed by atoms with Crippen molar-refractivity contribution in [2.24, 2.45) is 11.1 Å². The third kappa shape index (κ3) is 2.51. The average molecular weight is 303 g/mol. The second-order valence-corrected chi connectivity index (χ2v) is 6.24.